The summed E-state index contributed by atoms with van der Waals surface area (Å²) < 4.78 is 20.6. The minimum atomic E-state index is -0.396. The highest BCUT2D eigenvalue weighted by Crippen LogP contribution is 2.30. The molecule has 0 aliphatic carbocycles. The van der Waals surface area contributed by atoms with E-state index in [4.69, 9.17) is 4.74 Å². The van der Waals surface area contributed by atoms with E-state index in [1.165, 1.54) is 18.3 Å². The highest BCUT2D eigenvalue weighted by molar-refractivity contribution is 6.08. The molecule has 1 N–H and O–H groups in total. The normalized spacial score (nSPS) is 14.2. The molecule has 3 aromatic rings. The molecule has 0 radical (unpaired) electrons. The molecule has 2 aromatic carbocycles. The van der Waals surface area contributed by atoms with E-state index in [2.05, 4.69) is 15.3 Å². The molecule has 172 valence electrons. The van der Waals surface area contributed by atoms with Gasteiger partial charge in [0.05, 0.1) is 36.2 Å². The molecule has 0 bridgehead atoms. The van der Waals surface area contributed by atoms with Gasteiger partial charge in [-0.2, -0.15) is 5.10 Å². The van der Waals surface area contributed by atoms with Crippen molar-refractivity contribution in [1.82, 2.24) is 9.78 Å². The Morgan fingerprint density at radius 2 is 1.82 bits per heavy atom. The van der Waals surface area contributed by atoms with Crippen LogP contribution in [0.25, 0.3) is 11.3 Å². The fourth-order valence-electron chi connectivity index (χ4n) is 3.93. The van der Waals surface area contributed by atoms with Crippen molar-refractivity contribution in [3.63, 3.8) is 0 Å². The molecule has 1 aliphatic heterocycles. The van der Waals surface area contributed by atoms with E-state index < -0.39 is 5.54 Å². The van der Waals surface area contributed by atoms with Crippen LogP contribution in [0.15, 0.2) is 48.7 Å². The number of benzene rings is 2. The number of carbonyl (C=O) groups excluding carboxylic acids is 2. The number of morpholine rings is 1. The first-order valence-electron chi connectivity index (χ1n) is 10.9. The Balaban J connectivity index is 1.65. The van der Waals surface area contributed by atoms with Gasteiger partial charge in [-0.25, -0.2) is 4.39 Å². The van der Waals surface area contributed by atoms with Gasteiger partial charge in [0, 0.05) is 35.6 Å². The molecule has 1 amide bonds. The van der Waals surface area contributed by atoms with Crippen molar-refractivity contribution >= 4 is 23.6 Å². The summed E-state index contributed by atoms with van der Waals surface area (Å²) in [5.74, 6) is -0.714. The lowest BCUT2D eigenvalue weighted by Gasteiger charge is -2.30. The van der Waals surface area contributed by atoms with Crippen LogP contribution in [0, 0.1) is 5.82 Å². The monoisotopic (exact) mass is 450 g/mol. The second kappa shape index (κ2) is 9.15. The number of aromatic nitrogens is 2. The molecule has 4 rings (SSSR count). The average molecular weight is 451 g/mol. The van der Waals surface area contributed by atoms with E-state index in [1.807, 2.05) is 26.8 Å². The van der Waals surface area contributed by atoms with E-state index >= 15 is 0 Å². The lowest BCUT2D eigenvalue weighted by molar-refractivity contribution is 0.102. The summed E-state index contributed by atoms with van der Waals surface area (Å²) in [5, 5.41) is 7.33. The maximum atomic E-state index is 13.5. The molecule has 0 spiro atoms. The number of hydrogen-bond donors (Lipinski definition) is 1. The molecule has 1 saturated heterocycles. The van der Waals surface area contributed by atoms with Gasteiger partial charge in [-0.3, -0.25) is 14.3 Å². The third-order valence-electron chi connectivity index (χ3n) is 5.53. The molecule has 0 unspecified atom stereocenters. The molecule has 0 atom stereocenters. The van der Waals surface area contributed by atoms with Crippen LogP contribution in [0.5, 0.6) is 0 Å². The third-order valence-corrected chi connectivity index (χ3v) is 5.53. The Labute approximate surface area is 192 Å². The van der Waals surface area contributed by atoms with E-state index in [1.54, 1.807) is 28.9 Å². The number of halogens is 1. The Kier molecular flexibility index (Phi) is 6.29. The topological polar surface area (TPSA) is 76.5 Å². The minimum Gasteiger partial charge on any atom is -0.378 e. The second-order valence-corrected chi connectivity index (χ2v) is 8.94. The summed E-state index contributed by atoms with van der Waals surface area (Å²) in [4.78, 5) is 27.1. The van der Waals surface area contributed by atoms with Crippen LogP contribution in [0.1, 0.15) is 41.5 Å². The van der Waals surface area contributed by atoms with Gasteiger partial charge in [0.15, 0.2) is 6.29 Å². The summed E-state index contributed by atoms with van der Waals surface area (Å²) in [6, 6.07) is 11.3. The summed E-state index contributed by atoms with van der Waals surface area (Å²) in [6.07, 6.45) is 2.31. The number of carbonyl (C=O) groups is 2. The number of aldehydes is 1. The Morgan fingerprint density at radius 3 is 2.45 bits per heavy atom. The Bertz CT molecular complexity index is 1160. The lowest BCUT2D eigenvalue weighted by Crippen LogP contribution is -2.36. The molecule has 1 aliphatic rings. The van der Waals surface area contributed by atoms with Gasteiger partial charge < -0.3 is 15.0 Å². The maximum absolute atomic E-state index is 13.5. The molecule has 1 aromatic heterocycles. The number of ether oxygens (including phenoxy) is 1. The van der Waals surface area contributed by atoms with Crippen LogP contribution in [0.3, 0.4) is 0 Å². The predicted molar refractivity (Wildman–Crippen MR) is 125 cm³/mol. The fraction of sp³-hybridized carbons (Fsp3) is 0.320. The maximum Gasteiger partial charge on any atom is 0.259 e. The zero-order valence-electron chi connectivity index (χ0n) is 19.0. The highest BCUT2D eigenvalue weighted by atomic mass is 19.1. The summed E-state index contributed by atoms with van der Waals surface area (Å²) in [6.45, 7) is 8.58. The zero-order valence-corrected chi connectivity index (χ0v) is 19.0. The van der Waals surface area contributed by atoms with Crippen molar-refractivity contribution in [2.45, 2.75) is 26.3 Å². The summed E-state index contributed by atoms with van der Waals surface area (Å²) >= 11 is 0. The standard InChI is InChI=1S/C25H27FN4O3/c1-25(2,3)30-23(17-4-6-19(26)7-5-17)21(15-27-30)24(32)28-20-8-9-22(18(14-20)16-31)29-10-12-33-13-11-29/h4-9,14-16H,10-13H2,1-3H3,(H,28,32). The number of nitrogens with one attached hydrogen (secondary N) is 1. The number of hydrogen-bond acceptors (Lipinski definition) is 5. The van der Waals surface area contributed by atoms with E-state index in [9.17, 15) is 14.0 Å². The molecular weight excluding hydrogens is 423 g/mol. The Hall–Kier alpha value is -3.52. The van der Waals surface area contributed by atoms with Crippen LogP contribution < -0.4 is 10.2 Å². The van der Waals surface area contributed by atoms with Crippen molar-refractivity contribution in [2.24, 2.45) is 0 Å². The van der Waals surface area contributed by atoms with E-state index in [0.717, 1.165) is 12.0 Å². The van der Waals surface area contributed by atoms with E-state index in [-0.39, 0.29) is 11.7 Å². The van der Waals surface area contributed by atoms with Crippen molar-refractivity contribution in [1.29, 1.82) is 0 Å². The van der Waals surface area contributed by atoms with E-state index in [0.29, 0.717) is 54.4 Å². The lowest BCUT2D eigenvalue weighted by atomic mass is 10.0. The Morgan fingerprint density at radius 1 is 1.12 bits per heavy atom. The molecule has 0 saturated carbocycles. The first kappa shape index (κ1) is 22.7. The van der Waals surface area contributed by atoms with Crippen molar-refractivity contribution in [3.8, 4) is 11.3 Å². The van der Waals surface area contributed by atoms with Gasteiger partial charge in [0.1, 0.15) is 5.82 Å². The molecule has 2 heterocycles. The number of rotatable bonds is 5. The van der Waals surface area contributed by atoms with Crippen LogP contribution in [-0.2, 0) is 10.3 Å². The number of nitrogens with zero attached hydrogens (tertiary/aromatic N) is 3. The SMILES string of the molecule is CC(C)(C)n1ncc(C(=O)Nc2ccc(N3CCOCC3)c(C=O)c2)c1-c1ccc(F)cc1. The van der Waals surface area contributed by atoms with Gasteiger partial charge >= 0.3 is 0 Å². The number of amides is 1. The first-order chi connectivity index (χ1) is 15.8. The van der Waals surface area contributed by atoms with Crippen molar-refractivity contribution in [2.75, 3.05) is 36.5 Å². The van der Waals surface area contributed by atoms with Gasteiger partial charge in [-0.1, -0.05) is 0 Å². The number of anilines is 2. The predicted octanol–water partition coefficient (Wildman–Crippen LogP) is 4.35. The fourth-order valence-corrected chi connectivity index (χ4v) is 3.93. The minimum absolute atomic E-state index is 0.353. The summed E-state index contributed by atoms with van der Waals surface area (Å²) in [7, 11) is 0. The highest BCUT2D eigenvalue weighted by Gasteiger charge is 2.26. The molecule has 8 heteroatoms. The first-order valence-corrected chi connectivity index (χ1v) is 10.9. The van der Waals surface area contributed by atoms with Crippen molar-refractivity contribution in [3.05, 3.63) is 65.6 Å². The third kappa shape index (κ3) is 4.80. The largest absolute Gasteiger partial charge is 0.378 e. The quantitative estimate of drug-likeness (QED) is 0.585. The van der Waals surface area contributed by atoms with Crippen LogP contribution in [-0.4, -0.2) is 48.3 Å². The average Bonchev–Trinajstić information content (AvgIpc) is 3.26. The van der Waals surface area contributed by atoms with Crippen LogP contribution >= 0.6 is 0 Å². The summed E-state index contributed by atoms with van der Waals surface area (Å²) in [5.41, 5.74) is 3.07. The van der Waals surface area contributed by atoms with Gasteiger partial charge in [-0.15, -0.1) is 0 Å². The van der Waals surface area contributed by atoms with Gasteiger partial charge in [-0.05, 0) is 63.2 Å². The molecular formula is C25H27FN4O3. The smallest absolute Gasteiger partial charge is 0.259 e. The molecule has 33 heavy (non-hydrogen) atoms. The molecule has 1 fully saturated rings. The van der Waals surface area contributed by atoms with Crippen molar-refractivity contribution < 1.29 is 18.7 Å². The van der Waals surface area contributed by atoms with Gasteiger partial charge in [0.25, 0.3) is 5.91 Å². The van der Waals surface area contributed by atoms with Crippen LogP contribution in [0.4, 0.5) is 15.8 Å². The zero-order chi connectivity index (χ0) is 23.6. The van der Waals surface area contributed by atoms with Gasteiger partial charge in [0.2, 0.25) is 0 Å². The molecule has 7 nitrogen and oxygen atoms in total. The second-order valence-electron chi connectivity index (χ2n) is 8.94. The van der Waals surface area contributed by atoms with Crippen LogP contribution in [0.2, 0.25) is 0 Å².